The van der Waals surface area contributed by atoms with Crippen molar-refractivity contribution in [3.05, 3.63) is 83.4 Å². The molecule has 0 bridgehead atoms. The molecule has 2 aliphatic rings. The van der Waals surface area contributed by atoms with Gasteiger partial charge < -0.3 is 0 Å². The van der Waals surface area contributed by atoms with E-state index in [1.807, 2.05) is 0 Å². The summed E-state index contributed by atoms with van der Waals surface area (Å²) in [6.45, 7) is 9.31. The molecule has 0 aromatic heterocycles. The van der Waals surface area contributed by atoms with Crippen molar-refractivity contribution in [3.63, 3.8) is 0 Å². The summed E-state index contributed by atoms with van der Waals surface area (Å²) in [4.78, 5) is 0. The van der Waals surface area contributed by atoms with Crippen LogP contribution in [0, 0.1) is 11.3 Å². The van der Waals surface area contributed by atoms with Gasteiger partial charge in [0.05, 0.1) is 0 Å². The third-order valence-corrected chi connectivity index (χ3v) is 7.76. The van der Waals surface area contributed by atoms with Gasteiger partial charge in [-0.2, -0.15) is 0 Å². The molecule has 4 rings (SSSR count). The molecule has 2 aromatic carbocycles. The van der Waals surface area contributed by atoms with Crippen molar-refractivity contribution in [3.8, 4) is 0 Å². The Balaban J connectivity index is 1.78. The SMILES string of the molecule is C=C(c1ccccc1)[C@@]12CCC[C@@H]1CC(CCCCCC)=C2c1ccc(CC)cc1. The number of hydrogen-bond donors (Lipinski definition) is 0. The van der Waals surface area contributed by atoms with Crippen LogP contribution in [-0.2, 0) is 6.42 Å². The molecule has 0 spiro atoms. The highest BCUT2D eigenvalue weighted by molar-refractivity contribution is 5.90. The Bertz CT molecular complexity index is 883. The van der Waals surface area contributed by atoms with E-state index in [-0.39, 0.29) is 5.41 Å². The number of allylic oxidation sites excluding steroid dienone is 3. The van der Waals surface area contributed by atoms with Crippen LogP contribution in [0.2, 0.25) is 0 Å². The number of hydrogen-bond acceptors (Lipinski definition) is 0. The topological polar surface area (TPSA) is 0 Å². The Kier molecular flexibility index (Phi) is 6.61. The number of benzene rings is 2. The molecule has 0 N–H and O–H groups in total. The maximum absolute atomic E-state index is 4.76. The Morgan fingerprint density at radius 2 is 1.73 bits per heavy atom. The van der Waals surface area contributed by atoms with Gasteiger partial charge in [-0.3, -0.25) is 0 Å². The highest BCUT2D eigenvalue weighted by atomic mass is 14.6. The van der Waals surface area contributed by atoms with Crippen molar-refractivity contribution in [2.75, 3.05) is 0 Å². The Labute approximate surface area is 184 Å². The quantitative estimate of drug-likeness (QED) is 0.370. The predicted octanol–water partition coefficient (Wildman–Crippen LogP) is 8.88. The normalized spacial score (nSPS) is 23.1. The van der Waals surface area contributed by atoms with E-state index in [1.54, 1.807) is 11.1 Å². The first kappa shape index (κ1) is 21.2. The van der Waals surface area contributed by atoms with Crippen molar-refractivity contribution < 1.29 is 0 Å². The minimum atomic E-state index is 0.134. The molecule has 0 radical (unpaired) electrons. The van der Waals surface area contributed by atoms with E-state index < -0.39 is 0 Å². The van der Waals surface area contributed by atoms with Gasteiger partial charge in [0.2, 0.25) is 0 Å². The third kappa shape index (κ3) is 3.82. The summed E-state index contributed by atoms with van der Waals surface area (Å²) in [6, 6.07) is 20.5. The second-order valence-corrected chi connectivity index (χ2v) is 9.45. The van der Waals surface area contributed by atoms with E-state index in [4.69, 9.17) is 6.58 Å². The molecule has 0 heterocycles. The van der Waals surface area contributed by atoms with Crippen LogP contribution in [0.25, 0.3) is 11.1 Å². The van der Waals surface area contributed by atoms with Gasteiger partial charge in [-0.25, -0.2) is 0 Å². The molecule has 0 amide bonds. The summed E-state index contributed by atoms with van der Waals surface area (Å²) in [5, 5.41) is 0. The van der Waals surface area contributed by atoms with E-state index >= 15 is 0 Å². The average Bonchev–Trinajstić information content (AvgIpc) is 3.34. The molecule has 0 heteroatoms. The molecule has 0 aliphatic heterocycles. The largest absolute Gasteiger partial charge is 0.0943 e. The fraction of sp³-hybridized carbons (Fsp3) is 0.467. The maximum Gasteiger partial charge on any atom is 0.0239 e. The lowest BCUT2D eigenvalue weighted by Crippen LogP contribution is -2.24. The average molecular weight is 399 g/mol. The van der Waals surface area contributed by atoms with E-state index in [0.717, 1.165) is 12.3 Å². The minimum Gasteiger partial charge on any atom is -0.0943 e. The monoisotopic (exact) mass is 398 g/mol. The molecule has 2 aromatic rings. The van der Waals surface area contributed by atoms with Crippen molar-refractivity contribution in [1.82, 2.24) is 0 Å². The lowest BCUT2D eigenvalue weighted by atomic mass is 9.66. The first-order valence-electron chi connectivity index (χ1n) is 12.3. The van der Waals surface area contributed by atoms with Gasteiger partial charge >= 0.3 is 0 Å². The van der Waals surface area contributed by atoms with Crippen molar-refractivity contribution >= 4 is 11.1 Å². The summed E-state index contributed by atoms with van der Waals surface area (Å²) in [5.74, 6) is 0.729. The van der Waals surface area contributed by atoms with Gasteiger partial charge in [-0.1, -0.05) is 106 Å². The van der Waals surface area contributed by atoms with Gasteiger partial charge in [-0.15, -0.1) is 0 Å². The summed E-state index contributed by atoms with van der Waals surface area (Å²) in [7, 11) is 0. The number of fused-ring (bicyclic) bond motifs is 1. The lowest BCUT2D eigenvalue weighted by Gasteiger charge is -2.36. The van der Waals surface area contributed by atoms with E-state index in [9.17, 15) is 0 Å². The Morgan fingerprint density at radius 1 is 0.967 bits per heavy atom. The van der Waals surface area contributed by atoms with Gasteiger partial charge in [-0.05, 0) is 72.3 Å². The van der Waals surface area contributed by atoms with Crippen LogP contribution in [-0.4, -0.2) is 0 Å². The first-order chi connectivity index (χ1) is 14.7. The molecular weight excluding hydrogens is 360 g/mol. The first-order valence-corrected chi connectivity index (χ1v) is 12.3. The van der Waals surface area contributed by atoms with Gasteiger partial charge in [0, 0.05) is 5.41 Å². The lowest BCUT2D eigenvalue weighted by molar-refractivity contribution is 0.406. The molecule has 0 unspecified atom stereocenters. The molecule has 0 nitrogen and oxygen atoms in total. The Hall–Kier alpha value is -2.08. The standard InChI is InChI=1S/C30H38/c1-4-6-7-9-15-27-22-28-16-12-21-30(28,23(3)25-13-10-8-11-14-25)29(27)26-19-17-24(5-2)18-20-26/h8,10-11,13-14,17-20,28H,3-7,9,12,15-16,21-22H2,1-2H3/t28-,30+/m1/s1. The number of aryl methyl sites for hydroxylation is 1. The summed E-state index contributed by atoms with van der Waals surface area (Å²) in [6.07, 6.45) is 13.0. The van der Waals surface area contributed by atoms with Gasteiger partial charge in [0.1, 0.15) is 0 Å². The highest BCUT2D eigenvalue weighted by Crippen LogP contribution is 2.66. The third-order valence-electron chi connectivity index (χ3n) is 7.76. The zero-order valence-electron chi connectivity index (χ0n) is 19.1. The van der Waals surface area contributed by atoms with Crippen LogP contribution < -0.4 is 0 Å². The molecule has 1 fully saturated rings. The van der Waals surface area contributed by atoms with Crippen LogP contribution in [0.1, 0.15) is 88.3 Å². The molecule has 30 heavy (non-hydrogen) atoms. The molecule has 158 valence electrons. The van der Waals surface area contributed by atoms with Crippen molar-refractivity contribution in [1.29, 1.82) is 0 Å². The van der Waals surface area contributed by atoms with Crippen LogP contribution >= 0.6 is 0 Å². The van der Waals surface area contributed by atoms with Crippen LogP contribution in [0.15, 0.2) is 66.7 Å². The predicted molar refractivity (Wildman–Crippen MR) is 131 cm³/mol. The summed E-state index contributed by atoms with van der Waals surface area (Å²) in [5.41, 5.74) is 9.10. The van der Waals surface area contributed by atoms with E-state index in [2.05, 4.69) is 68.4 Å². The van der Waals surface area contributed by atoms with Crippen LogP contribution in [0.5, 0.6) is 0 Å². The maximum atomic E-state index is 4.76. The van der Waals surface area contributed by atoms with Gasteiger partial charge in [0.15, 0.2) is 0 Å². The summed E-state index contributed by atoms with van der Waals surface area (Å²) >= 11 is 0. The smallest absolute Gasteiger partial charge is 0.0239 e. The minimum absolute atomic E-state index is 0.134. The molecule has 2 aliphatic carbocycles. The molecule has 0 saturated heterocycles. The second kappa shape index (κ2) is 9.38. The Morgan fingerprint density at radius 3 is 2.43 bits per heavy atom. The fourth-order valence-electron chi connectivity index (χ4n) is 6.20. The highest BCUT2D eigenvalue weighted by Gasteiger charge is 2.52. The van der Waals surface area contributed by atoms with E-state index in [1.165, 1.54) is 80.1 Å². The molecule has 1 saturated carbocycles. The zero-order valence-corrected chi connectivity index (χ0v) is 19.1. The van der Waals surface area contributed by atoms with Crippen molar-refractivity contribution in [2.24, 2.45) is 11.3 Å². The van der Waals surface area contributed by atoms with E-state index in [0.29, 0.717) is 0 Å². The van der Waals surface area contributed by atoms with Crippen LogP contribution in [0.4, 0.5) is 0 Å². The zero-order chi connectivity index (χ0) is 21.0. The summed E-state index contributed by atoms with van der Waals surface area (Å²) < 4.78 is 0. The number of unbranched alkanes of at least 4 members (excludes halogenated alkanes) is 3. The number of rotatable bonds is 9. The van der Waals surface area contributed by atoms with Crippen LogP contribution in [0.3, 0.4) is 0 Å². The molecule has 2 atom stereocenters. The second-order valence-electron chi connectivity index (χ2n) is 9.45. The molecular formula is C30H38. The fourth-order valence-corrected chi connectivity index (χ4v) is 6.20. The van der Waals surface area contributed by atoms with Gasteiger partial charge in [0.25, 0.3) is 0 Å². The van der Waals surface area contributed by atoms with Crippen molar-refractivity contribution in [2.45, 2.75) is 78.1 Å².